The summed E-state index contributed by atoms with van der Waals surface area (Å²) in [5.41, 5.74) is -2.80. The summed E-state index contributed by atoms with van der Waals surface area (Å²) in [6.07, 6.45) is -5.37. The largest absolute Gasteiger partial charge is 0.439 e. The molecule has 23 heavy (non-hydrogen) atoms. The first-order valence-corrected chi connectivity index (χ1v) is 8.44. The summed E-state index contributed by atoms with van der Waals surface area (Å²) in [7, 11) is -4.62. The van der Waals surface area contributed by atoms with E-state index >= 15 is 0 Å². The molecule has 0 aliphatic carbocycles. The summed E-state index contributed by atoms with van der Waals surface area (Å²) >= 11 is 0. The number of rotatable bonds is 4. The molecule has 5 nitrogen and oxygen atoms in total. The number of hydrogen-bond acceptors (Lipinski definition) is 4. The Hall–Kier alpha value is -1.61. The summed E-state index contributed by atoms with van der Waals surface area (Å²) in [6.45, 7) is 3.45. The van der Waals surface area contributed by atoms with Crippen molar-refractivity contribution in [2.45, 2.75) is 49.9 Å². The van der Waals surface area contributed by atoms with Crippen LogP contribution in [0.25, 0.3) is 0 Å². The number of nitrogens with zero attached hydrogens (tertiary/aromatic N) is 2. The lowest BCUT2D eigenvalue weighted by Gasteiger charge is -2.33. The maximum absolute atomic E-state index is 13.3. The van der Waals surface area contributed by atoms with Gasteiger partial charge in [0, 0.05) is 12.1 Å². The van der Waals surface area contributed by atoms with Gasteiger partial charge in [-0.05, 0) is 25.5 Å². The van der Waals surface area contributed by atoms with E-state index in [-0.39, 0.29) is 21.4 Å². The van der Waals surface area contributed by atoms with Crippen LogP contribution >= 0.6 is 0 Å². The normalized spacial score (nSPS) is 22.3. The van der Waals surface area contributed by atoms with Gasteiger partial charge in [0.2, 0.25) is 0 Å². The van der Waals surface area contributed by atoms with Crippen LogP contribution in [-0.2, 0) is 10.0 Å². The van der Waals surface area contributed by atoms with E-state index in [4.69, 9.17) is 0 Å². The first-order valence-electron chi connectivity index (χ1n) is 7.00. The second kappa shape index (κ2) is 5.79. The molecule has 2 rings (SSSR count). The second-order valence-corrected chi connectivity index (χ2v) is 7.24. The quantitative estimate of drug-likeness (QED) is 0.908. The molecule has 1 atom stereocenters. The van der Waals surface area contributed by atoms with Crippen LogP contribution in [0.3, 0.4) is 0 Å². The fourth-order valence-electron chi connectivity index (χ4n) is 2.30. The van der Waals surface area contributed by atoms with Gasteiger partial charge in [-0.1, -0.05) is 31.0 Å². The van der Waals surface area contributed by atoms with Crippen molar-refractivity contribution in [2.24, 2.45) is 5.10 Å². The zero-order chi connectivity index (χ0) is 17.5. The fraction of sp³-hybridized carbons (Fsp3) is 0.500. The van der Waals surface area contributed by atoms with Gasteiger partial charge >= 0.3 is 6.18 Å². The molecule has 1 N–H and O–H groups in total. The van der Waals surface area contributed by atoms with Crippen molar-refractivity contribution in [3.8, 4) is 0 Å². The van der Waals surface area contributed by atoms with E-state index in [1.165, 1.54) is 24.3 Å². The zero-order valence-corrected chi connectivity index (χ0v) is 13.4. The number of hydrazone groups is 1. The molecule has 0 bridgehead atoms. The predicted octanol–water partition coefficient (Wildman–Crippen LogP) is 2.80. The van der Waals surface area contributed by atoms with Crippen molar-refractivity contribution in [3.63, 3.8) is 0 Å². The zero-order valence-electron chi connectivity index (χ0n) is 12.6. The SMILES string of the molecule is CCCC1=NN(S(=O)(=O)c2ccc(C)cc2)C(O)(C(F)(F)F)C1. The number of benzene rings is 1. The van der Waals surface area contributed by atoms with E-state index in [0.717, 1.165) is 5.56 Å². The molecular weight excluding hydrogens is 333 g/mol. The van der Waals surface area contributed by atoms with Gasteiger partial charge in [-0.3, -0.25) is 0 Å². The lowest BCUT2D eigenvalue weighted by Crippen LogP contribution is -2.56. The highest BCUT2D eigenvalue weighted by Gasteiger charge is 2.64. The lowest BCUT2D eigenvalue weighted by atomic mass is 10.0. The minimum absolute atomic E-state index is 0.00279. The predicted molar refractivity (Wildman–Crippen MR) is 78.2 cm³/mol. The molecule has 1 unspecified atom stereocenters. The van der Waals surface area contributed by atoms with Crippen LogP contribution < -0.4 is 0 Å². The minimum atomic E-state index is -5.16. The number of halogens is 3. The van der Waals surface area contributed by atoms with Gasteiger partial charge in [0.25, 0.3) is 15.7 Å². The van der Waals surface area contributed by atoms with E-state index in [1.54, 1.807) is 13.8 Å². The van der Waals surface area contributed by atoms with E-state index < -0.39 is 28.3 Å². The molecule has 1 aromatic carbocycles. The molecule has 0 saturated carbocycles. The summed E-state index contributed by atoms with van der Waals surface area (Å²) in [5, 5.41) is 13.6. The molecular formula is C14H17F3N2O3S. The number of aliphatic hydroxyl groups is 1. The third-order valence-electron chi connectivity index (χ3n) is 3.54. The number of alkyl halides is 3. The lowest BCUT2D eigenvalue weighted by molar-refractivity contribution is -0.291. The summed E-state index contributed by atoms with van der Waals surface area (Å²) < 4.78 is 64.7. The Bertz CT molecular complexity index is 714. The van der Waals surface area contributed by atoms with Gasteiger partial charge in [-0.25, -0.2) is 0 Å². The molecule has 0 amide bonds. The maximum atomic E-state index is 13.3. The Morgan fingerprint density at radius 1 is 1.30 bits per heavy atom. The van der Waals surface area contributed by atoms with Crippen LogP contribution in [0.2, 0.25) is 0 Å². The van der Waals surface area contributed by atoms with Crippen LogP contribution in [0.5, 0.6) is 0 Å². The van der Waals surface area contributed by atoms with Gasteiger partial charge in [0.05, 0.1) is 4.90 Å². The number of hydrogen-bond donors (Lipinski definition) is 1. The molecule has 1 aliphatic rings. The molecule has 0 radical (unpaired) electrons. The standard InChI is InChI=1S/C14H17F3N2O3S/c1-3-4-11-9-13(20,14(15,16)17)19(18-11)23(21,22)12-7-5-10(2)6-8-12/h5-8,20H,3-4,9H2,1-2H3. The highest BCUT2D eigenvalue weighted by molar-refractivity contribution is 7.89. The molecule has 0 aromatic heterocycles. The van der Waals surface area contributed by atoms with E-state index in [9.17, 15) is 26.7 Å². The van der Waals surface area contributed by atoms with Crippen LogP contribution in [-0.4, -0.2) is 35.6 Å². The Morgan fingerprint density at radius 2 is 1.87 bits per heavy atom. The topological polar surface area (TPSA) is 70.0 Å². The molecule has 0 saturated heterocycles. The summed E-state index contributed by atoms with van der Waals surface area (Å²) in [5.74, 6) is 0. The highest BCUT2D eigenvalue weighted by Crippen LogP contribution is 2.43. The average Bonchev–Trinajstić information content (AvgIpc) is 2.78. The third kappa shape index (κ3) is 3.07. The Labute approximate surface area is 132 Å². The van der Waals surface area contributed by atoms with Crippen molar-refractivity contribution in [1.82, 2.24) is 4.41 Å². The van der Waals surface area contributed by atoms with Crippen LogP contribution in [0.1, 0.15) is 31.7 Å². The van der Waals surface area contributed by atoms with Gasteiger partial charge in [-0.2, -0.15) is 26.7 Å². The van der Waals surface area contributed by atoms with E-state index in [0.29, 0.717) is 6.42 Å². The third-order valence-corrected chi connectivity index (χ3v) is 5.25. The first kappa shape index (κ1) is 17.7. The first-order chi connectivity index (χ1) is 10.5. The van der Waals surface area contributed by atoms with E-state index in [1.807, 2.05) is 0 Å². The smallest absolute Gasteiger partial charge is 0.361 e. The highest BCUT2D eigenvalue weighted by atomic mass is 32.2. The molecule has 9 heteroatoms. The van der Waals surface area contributed by atoms with Crippen molar-refractivity contribution in [3.05, 3.63) is 29.8 Å². The molecule has 128 valence electrons. The molecule has 0 spiro atoms. The monoisotopic (exact) mass is 350 g/mol. The molecule has 0 fully saturated rings. The minimum Gasteiger partial charge on any atom is -0.361 e. The molecule has 1 heterocycles. The van der Waals surface area contributed by atoms with Crippen LogP contribution in [0.4, 0.5) is 13.2 Å². The van der Waals surface area contributed by atoms with Gasteiger partial charge < -0.3 is 5.11 Å². The van der Waals surface area contributed by atoms with Crippen molar-refractivity contribution < 1.29 is 26.7 Å². The Balaban J connectivity index is 2.53. The van der Waals surface area contributed by atoms with Gasteiger partial charge in [-0.15, -0.1) is 4.41 Å². The summed E-state index contributed by atoms with van der Waals surface area (Å²) in [4.78, 5) is -0.354. The van der Waals surface area contributed by atoms with Crippen molar-refractivity contribution in [2.75, 3.05) is 0 Å². The summed E-state index contributed by atoms with van der Waals surface area (Å²) in [6, 6.07) is 5.31. The average molecular weight is 350 g/mol. The van der Waals surface area contributed by atoms with Crippen molar-refractivity contribution in [1.29, 1.82) is 0 Å². The second-order valence-electron chi connectivity index (χ2n) is 5.47. The van der Waals surface area contributed by atoms with Crippen molar-refractivity contribution >= 4 is 15.7 Å². The number of sulfonamides is 1. The maximum Gasteiger partial charge on any atom is 0.439 e. The van der Waals surface area contributed by atoms with Crippen LogP contribution in [0.15, 0.2) is 34.3 Å². The van der Waals surface area contributed by atoms with Gasteiger partial charge in [0.15, 0.2) is 0 Å². The Kier molecular flexibility index (Phi) is 4.46. The molecule has 1 aliphatic heterocycles. The molecule has 1 aromatic rings. The van der Waals surface area contributed by atoms with Crippen LogP contribution in [0, 0.1) is 6.92 Å². The van der Waals surface area contributed by atoms with E-state index in [2.05, 4.69) is 5.10 Å². The fourth-order valence-corrected chi connectivity index (χ4v) is 3.77. The van der Waals surface area contributed by atoms with Gasteiger partial charge in [0.1, 0.15) is 0 Å². The Morgan fingerprint density at radius 3 is 2.35 bits per heavy atom. The number of aryl methyl sites for hydroxylation is 1.